The summed E-state index contributed by atoms with van der Waals surface area (Å²) in [5.74, 6) is 1.82. The van der Waals surface area contributed by atoms with Crippen molar-refractivity contribution < 1.29 is 0 Å². The van der Waals surface area contributed by atoms with Crippen molar-refractivity contribution in [3.05, 3.63) is 0 Å². The lowest BCUT2D eigenvalue weighted by Gasteiger charge is -2.47. The topological polar surface area (TPSA) is 6.48 Å². The molecular formula is C16H32N2. The third kappa shape index (κ3) is 3.27. The van der Waals surface area contributed by atoms with Gasteiger partial charge in [-0.05, 0) is 51.0 Å². The van der Waals surface area contributed by atoms with E-state index in [4.69, 9.17) is 0 Å². The van der Waals surface area contributed by atoms with Crippen molar-refractivity contribution in [2.24, 2.45) is 17.3 Å². The zero-order valence-corrected chi connectivity index (χ0v) is 13.3. The van der Waals surface area contributed by atoms with Crippen molar-refractivity contribution in [2.45, 2.75) is 53.5 Å². The summed E-state index contributed by atoms with van der Waals surface area (Å²) in [6, 6.07) is 0. The molecule has 2 fully saturated rings. The minimum atomic E-state index is 0.359. The summed E-state index contributed by atoms with van der Waals surface area (Å²) in [7, 11) is 0. The van der Waals surface area contributed by atoms with Crippen LogP contribution in [0.5, 0.6) is 0 Å². The monoisotopic (exact) mass is 252 g/mol. The number of hydrogen-bond donors (Lipinski definition) is 0. The molecule has 0 saturated carbocycles. The Labute approximate surface area is 114 Å². The van der Waals surface area contributed by atoms with Gasteiger partial charge in [-0.15, -0.1) is 0 Å². The Morgan fingerprint density at radius 1 is 0.944 bits per heavy atom. The van der Waals surface area contributed by atoms with E-state index in [9.17, 15) is 0 Å². The molecule has 2 nitrogen and oxygen atoms in total. The van der Waals surface area contributed by atoms with E-state index in [0.29, 0.717) is 11.0 Å². The van der Waals surface area contributed by atoms with Crippen LogP contribution >= 0.6 is 0 Å². The highest BCUT2D eigenvalue weighted by molar-refractivity contribution is 4.91. The second-order valence-electron chi connectivity index (χ2n) is 8.55. The maximum atomic E-state index is 2.67. The Morgan fingerprint density at radius 3 is 2.00 bits per heavy atom. The Bertz CT molecular complexity index is 278. The molecule has 0 aromatic rings. The third-order valence-electron chi connectivity index (χ3n) is 4.93. The Hall–Kier alpha value is -0.0800. The van der Waals surface area contributed by atoms with Gasteiger partial charge in [0.1, 0.15) is 0 Å². The lowest BCUT2D eigenvalue weighted by Crippen LogP contribution is -2.53. The largest absolute Gasteiger partial charge is 0.302 e. The molecule has 2 heterocycles. The minimum absolute atomic E-state index is 0.359. The molecule has 0 aromatic heterocycles. The van der Waals surface area contributed by atoms with E-state index in [2.05, 4.69) is 51.3 Å². The Kier molecular flexibility index (Phi) is 3.81. The molecule has 0 unspecified atom stereocenters. The summed E-state index contributed by atoms with van der Waals surface area (Å²) in [6.07, 6.45) is 1.40. The van der Waals surface area contributed by atoms with Crippen LogP contribution in [-0.4, -0.2) is 48.1 Å². The van der Waals surface area contributed by atoms with Crippen LogP contribution in [0, 0.1) is 17.3 Å². The predicted molar refractivity (Wildman–Crippen MR) is 78.8 cm³/mol. The fraction of sp³-hybridized carbons (Fsp3) is 1.00. The van der Waals surface area contributed by atoms with E-state index in [0.717, 1.165) is 11.8 Å². The van der Waals surface area contributed by atoms with Gasteiger partial charge in [-0.2, -0.15) is 0 Å². The minimum Gasteiger partial charge on any atom is -0.302 e. The van der Waals surface area contributed by atoms with Crippen molar-refractivity contribution >= 4 is 0 Å². The van der Waals surface area contributed by atoms with E-state index in [-0.39, 0.29) is 0 Å². The van der Waals surface area contributed by atoms with E-state index >= 15 is 0 Å². The third-order valence-corrected chi connectivity index (χ3v) is 4.93. The second kappa shape index (κ2) is 4.79. The summed E-state index contributed by atoms with van der Waals surface area (Å²) >= 11 is 0. The first-order valence-corrected chi connectivity index (χ1v) is 7.63. The molecule has 2 aliphatic heterocycles. The average molecular weight is 252 g/mol. The van der Waals surface area contributed by atoms with Crippen LogP contribution in [0.1, 0.15) is 48.0 Å². The van der Waals surface area contributed by atoms with Crippen molar-refractivity contribution in [3.63, 3.8) is 0 Å². The maximum absolute atomic E-state index is 2.67. The summed E-state index contributed by atoms with van der Waals surface area (Å²) in [4.78, 5) is 5.32. The van der Waals surface area contributed by atoms with Gasteiger partial charge in [-0.25, -0.2) is 0 Å². The Morgan fingerprint density at radius 2 is 1.56 bits per heavy atom. The zero-order valence-electron chi connectivity index (χ0n) is 13.3. The molecule has 0 spiro atoms. The van der Waals surface area contributed by atoms with E-state index < -0.39 is 0 Å². The summed E-state index contributed by atoms with van der Waals surface area (Å²) in [5.41, 5.74) is 0.862. The van der Waals surface area contributed by atoms with Crippen LogP contribution in [0.3, 0.4) is 0 Å². The molecule has 2 heteroatoms. The van der Waals surface area contributed by atoms with Gasteiger partial charge in [0.2, 0.25) is 0 Å². The molecule has 18 heavy (non-hydrogen) atoms. The van der Waals surface area contributed by atoms with Crippen molar-refractivity contribution in [1.82, 2.24) is 9.80 Å². The van der Waals surface area contributed by atoms with Crippen LogP contribution in [0.25, 0.3) is 0 Å². The van der Waals surface area contributed by atoms with Crippen LogP contribution in [-0.2, 0) is 0 Å². The number of hydrogen-bond acceptors (Lipinski definition) is 2. The zero-order chi connectivity index (χ0) is 13.6. The van der Waals surface area contributed by atoms with Gasteiger partial charge >= 0.3 is 0 Å². The maximum Gasteiger partial charge on any atom is 0.0125 e. The molecule has 0 aromatic carbocycles. The molecule has 1 atom stereocenters. The van der Waals surface area contributed by atoms with E-state index in [1.54, 1.807) is 0 Å². The first-order chi connectivity index (χ1) is 8.16. The van der Waals surface area contributed by atoms with Gasteiger partial charge in [0.25, 0.3) is 0 Å². The standard InChI is InChI=1S/C16H32N2/c1-15(2,3)14-11-17(12-14)9-13-7-8-18(10-13)16(4,5)6/h13-14H,7-12H2,1-6H3/t13-/m1/s1. The molecule has 106 valence electrons. The van der Waals surface area contributed by atoms with Crippen molar-refractivity contribution in [1.29, 1.82) is 0 Å². The van der Waals surface area contributed by atoms with Gasteiger partial charge in [0.15, 0.2) is 0 Å². The predicted octanol–water partition coefficient (Wildman–Crippen LogP) is 3.08. The lowest BCUT2D eigenvalue weighted by molar-refractivity contribution is 0.0138. The highest BCUT2D eigenvalue weighted by Crippen LogP contribution is 2.35. The summed E-state index contributed by atoms with van der Waals surface area (Å²) in [6.45, 7) is 20.8. The molecule has 0 N–H and O–H groups in total. The number of rotatable bonds is 2. The molecule has 0 aliphatic carbocycles. The molecule has 2 aliphatic rings. The Balaban J connectivity index is 1.71. The average Bonchev–Trinajstić information content (AvgIpc) is 2.55. The first-order valence-electron chi connectivity index (χ1n) is 7.63. The number of nitrogens with zero attached hydrogens (tertiary/aromatic N) is 2. The molecular weight excluding hydrogens is 220 g/mol. The van der Waals surface area contributed by atoms with Crippen LogP contribution in [0.15, 0.2) is 0 Å². The van der Waals surface area contributed by atoms with Crippen molar-refractivity contribution in [3.8, 4) is 0 Å². The first kappa shape index (κ1) is 14.3. The molecule has 2 saturated heterocycles. The normalized spacial score (nSPS) is 28.7. The van der Waals surface area contributed by atoms with Gasteiger partial charge < -0.3 is 4.90 Å². The smallest absolute Gasteiger partial charge is 0.0125 e. The quantitative estimate of drug-likeness (QED) is 0.745. The van der Waals surface area contributed by atoms with E-state index in [1.807, 2.05) is 0 Å². The highest BCUT2D eigenvalue weighted by atomic mass is 15.2. The summed E-state index contributed by atoms with van der Waals surface area (Å²) in [5, 5.41) is 0. The van der Waals surface area contributed by atoms with Gasteiger partial charge in [0.05, 0.1) is 0 Å². The summed E-state index contributed by atoms with van der Waals surface area (Å²) < 4.78 is 0. The highest BCUT2D eigenvalue weighted by Gasteiger charge is 2.38. The second-order valence-corrected chi connectivity index (χ2v) is 8.55. The van der Waals surface area contributed by atoms with Gasteiger partial charge in [0, 0.05) is 31.7 Å². The lowest BCUT2D eigenvalue weighted by atomic mass is 9.76. The van der Waals surface area contributed by atoms with Crippen LogP contribution < -0.4 is 0 Å². The molecule has 2 rings (SSSR count). The van der Waals surface area contributed by atoms with Gasteiger partial charge in [-0.3, -0.25) is 4.90 Å². The van der Waals surface area contributed by atoms with Gasteiger partial charge in [-0.1, -0.05) is 20.8 Å². The fourth-order valence-electron chi connectivity index (χ4n) is 3.22. The molecule has 0 amide bonds. The van der Waals surface area contributed by atoms with Crippen LogP contribution in [0.2, 0.25) is 0 Å². The van der Waals surface area contributed by atoms with Crippen molar-refractivity contribution in [2.75, 3.05) is 32.7 Å². The van der Waals surface area contributed by atoms with E-state index in [1.165, 1.54) is 39.1 Å². The molecule has 0 bridgehead atoms. The fourth-order valence-corrected chi connectivity index (χ4v) is 3.22. The number of likely N-dealkylation sites (tertiary alicyclic amines) is 2. The molecule has 0 radical (unpaired) electrons. The SMILES string of the molecule is CC(C)(C)C1CN(C[C@H]2CCN(C(C)(C)C)C2)C1. The van der Waals surface area contributed by atoms with Crippen LogP contribution in [0.4, 0.5) is 0 Å².